The maximum atomic E-state index is 13.7. The molecule has 0 amide bonds. The van der Waals surface area contributed by atoms with E-state index >= 15 is 0 Å². The van der Waals surface area contributed by atoms with E-state index < -0.39 is 17.3 Å². The van der Waals surface area contributed by atoms with Gasteiger partial charge in [0.05, 0.1) is 6.04 Å². The Morgan fingerprint density at radius 2 is 1.90 bits per heavy atom. The van der Waals surface area contributed by atoms with Gasteiger partial charge in [-0.05, 0) is 13.0 Å². The van der Waals surface area contributed by atoms with Crippen LogP contribution in [0.3, 0.4) is 0 Å². The van der Waals surface area contributed by atoms with Crippen molar-refractivity contribution in [2.45, 2.75) is 13.0 Å². The number of nitrogens with one attached hydrogen (secondary N) is 1. The summed E-state index contributed by atoms with van der Waals surface area (Å²) < 4.78 is 15.7. The summed E-state index contributed by atoms with van der Waals surface area (Å²) in [6, 6.07) is 5.82. The monoisotopic (exact) mass is 278 g/mol. The number of halogens is 1. The van der Waals surface area contributed by atoms with Gasteiger partial charge in [0.2, 0.25) is 5.82 Å². The quantitative estimate of drug-likeness (QED) is 0.901. The Morgan fingerprint density at radius 1 is 1.25 bits per heavy atom. The largest absolute Gasteiger partial charge is 0.357 e. The Kier molecular flexibility index (Phi) is 3.69. The highest BCUT2D eigenvalue weighted by molar-refractivity contribution is 5.35. The molecule has 1 atom stereocenters. The second-order valence-corrected chi connectivity index (χ2v) is 4.51. The molecule has 0 aliphatic rings. The summed E-state index contributed by atoms with van der Waals surface area (Å²) in [5.41, 5.74) is -0.638. The van der Waals surface area contributed by atoms with Crippen LogP contribution < -0.4 is 16.6 Å². The molecule has 1 heterocycles. The summed E-state index contributed by atoms with van der Waals surface area (Å²) in [4.78, 5) is 23.5. The van der Waals surface area contributed by atoms with Crippen molar-refractivity contribution in [3.05, 3.63) is 56.5 Å². The van der Waals surface area contributed by atoms with Gasteiger partial charge in [-0.3, -0.25) is 9.36 Å². The molecular formula is C13H15FN4O2. The van der Waals surface area contributed by atoms with E-state index in [0.29, 0.717) is 5.56 Å². The summed E-state index contributed by atoms with van der Waals surface area (Å²) >= 11 is 0. The molecule has 1 N–H and O–H groups in total. The van der Waals surface area contributed by atoms with Crippen LogP contribution in [0.1, 0.15) is 18.5 Å². The van der Waals surface area contributed by atoms with Crippen LogP contribution in [-0.4, -0.2) is 14.3 Å². The van der Waals surface area contributed by atoms with Crippen LogP contribution >= 0.6 is 0 Å². The van der Waals surface area contributed by atoms with Crippen molar-refractivity contribution in [1.82, 2.24) is 14.3 Å². The second kappa shape index (κ2) is 5.28. The van der Waals surface area contributed by atoms with Crippen molar-refractivity contribution >= 4 is 5.82 Å². The minimum Gasteiger partial charge on any atom is -0.357 e. The van der Waals surface area contributed by atoms with Crippen LogP contribution in [-0.2, 0) is 14.1 Å². The number of aryl methyl sites for hydroxylation is 1. The average Bonchev–Trinajstić information content (AvgIpc) is 2.42. The van der Waals surface area contributed by atoms with Crippen molar-refractivity contribution < 1.29 is 4.39 Å². The van der Waals surface area contributed by atoms with Crippen LogP contribution in [0.15, 0.2) is 33.9 Å². The molecule has 1 unspecified atom stereocenters. The number of aromatic nitrogens is 3. The van der Waals surface area contributed by atoms with E-state index in [9.17, 15) is 14.0 Å². The van der Waals surface area contributed by atoms with Gasteiger partial charge in [-0.1, -0.05) is 18.2 Å². The highest BCUT2D eigenvalue weighted by Crippen LogP contribution is 2.18. The predicted molar refractivity (Wildman–Crippen MR) is 73.2 cm³/mol. The molecule has 0 saturated heterocycles. The number of benzene rings is 1. The lowest BCUT2D eigenvalue weighted by molar-refractivity contribution is 0.588. The molecule has 7 heteroatoms. The van der Waals surface area contributed by atoms with E-state index in [1.165, 1.54) is 20.2 Å². The standard InChI is InChI=1S/C13H15FN4O2/c1-8(9-6-4-5-7-10(9)14)15-11-12(19)17(2)13(20)18(3)16-11/h4-8H,1-3H3,(H,15,16). The lowest BCUT2D eigenvalue weighted by atomic mass is 10.1. The molecule has 2 rings (SSSR count). The molecule has 1 aromatic carbocycles. The molecule has 20 heavy (non-hydrogen) atoms. The van der Waals surface area contributed by atoms with Crippen LogP contribution in [0.25, 0.3) is 0 Å². The summed E-state index contributed by atoms with van der Waals surface area (Å²) in [6.07, 6.45) is 0. The first-order valence-electron chi connectivity index (χ1n) is 6.07. The number of hydrogen-bond acceptors (Lipinski definition) is 4. The van der Waals surface area contributed by atoms with Crippen molar-refractivity contribution in [3.63, 3.8) is 0 Å². The fourth-order valence-electron chi connectivity index (χ4n) is 1.90. The van der Waals surface area contributed by atoms with Crippen molar-refractivity contribution in [3.8, 4) is 0 Å². The lowest BCUT2D eigenvalue weighted by Crippen LogP contribution is -2.40. The van der Waals surface area contributed by atoms with Gasteiger partial charge < -0.3 is 5.32 Å². The molecule has 0 radical (unpaired) electrons. The summed E-state index contributed by atoms with van der Waals surface area (Å²) in [5.74, 6) is -0.362. The molecule has 0 aliphatic carbocycles. The molecule has 0 fully saturated rings. The summed E-state index contributed by atoms with van der Waals surface area (Å²) in [5, 5.41) is 6.70. The van der Waals surface area contributed by atoms with E-state index in [1.807, 2.05) is 0 Å². The van der Waals surface area contributed by atoms with E-state index in [-0.39, 0.29) is 11.6 Å². The molecule has 1 aromatic heterocycles. The van der Waals surface area contributed by atoms with Crippen LogP contribution in [0, 0.1) is 5.82 Å². The van der Waals surface area contributed by atoms with E-state index in [1.54, 1.807) is 25.1 Å². The normalized spacial score (nSPS) is 12.2. The Bertz CT molecular complexity index is 751. The van der Waals surface area contributed by atoms with Crippen LogP contribution in [0.4, 0.5) is 10.2 Å². The third-order valence-corrected chi connectivity index (χ3v) is 3.05. The van der Waals surface area contributed by atoms with Crippen LogP contribution in [0.5, 0.6) is 0 Å². The topological polar surface area (TPSA) is 68.9 Å². The van der Waals surface area contributed by atoms with E-state index in [0.717, 1.165) is 9.25 Å². The first-order valence-corrected chi connectivity index (χ1v) is 6.07. The van der Waals surface area contributed by atoms with Gasteiger partial charge in [-0.15, -0.1) is 5.10 Å². The highest BCUT2D eigenvalue weighted by atomic mass is 19.1. The zero-order valence-corrected chi connectivity index (χ0v) is 11.4. The number of anilines is 1. The number of hydrogen-bond donors (Lipinski definition) is 1. The maximum absolute atomic E-state index is 13.7. The number of rotatable bonds is 3. The second-order valence-electron chi connectivity index (χ2n) is 4.51. The molecule has 6 nitrogen and oxygen atoms in total. The highest BCUT2D eigenvalue weighted by Gasteiger charge is 2.14. The maximum Gasteiger partial charge on any atom is 0.346 e. The van der Waals surface area contributed by atoms with Gasteiger partial charge in [0, 0.05) is 19.7 Å². The van der Waals surface area contributed by atoms with Gasteiger partial charge in [0.15, 0.2) is 0 Å². The fourth-order valence-corrected chi connectivity index (χ4v) is 1.90. The fraction of sp³-hybridized carbons (Fsp3) is 0.308. The van der Waals surface area contributed by atoms with Gasteiger partial charge in [0.25, 0.3) is 5.56 Å². The SMILES string of the molecule is CC(Nc1nn(C)c(=O)n(C)c1=O)c1ccccc1F. The minimum atomic E-state index is -0.545. The van der Waals surface area contributed by atoms with Crippen molar-refractivity contribution in [2.24, 2.45) is 14.1 Å². The van der Waals surface area contributed by atoms with Gasteiger partial charge in [0.1, 0.15) is 5.82 Å². The first-order chi connectivity index (χ1) is 9.41. The van der Waals surface area contributed by atoms with E-state index in [2.05, 4.69) is 10.4 Å². The summed E-state index contributed by atoms with van der Waals surface area (Å²) in [7, 11) is 2.81. The van der Waals surface area contributed by atoms with Crippen molar-refractivity contribution in [1.29, 1.82) is 0 Å². The zero-order valence-electron chi connectivity index (χ0n) is 11.4. The van der Waals surface area contributed by atoms with Gasteiger partial charge in [-0.25, -0.2) is 13.9 Å². The molecule has 2 aromatic rings. The number of nitrogens with zero attached hydrogens (tertiary/aromatic N) is 3. The van der Waals surface area contributed by atoms with Crippen molar-refractivity contribution in [2.75, 3.05) is 5.32 Å². The molecule has 0 spiro atoms. The molecular weight excluding hydrogens is 263 g/mol. The van der Waals surface area contributed by atoms with Crippen LogP contribution in [0.2, 0.25) is 0 Å². The average molecular weight is 278 g/mol. The van der Waals surface area contributed by atoms with Gasteiger partial charge in [-0.2, -0.15) is 0 Å². The van der Waals surface area contributed by atoms with Gasteiger partial charge >= 0.3 is 5.69 Å². The third kappa shape index (κ3) is 2.47. The Balaban J connectivity index is 2.39. The Morgan fingerprint density at radius 3 is 2.55 bits per heavy atom. The molecule has 0 saturated carbocycles. The Labute approximate surface area is 114 Å². The third-order valence-electron chi connectivity index (χ3n) is 3.05. The Hall–Kier alpha value is -2.44. The molecule has 106 valence electrons. The van der Waals surface area contributed by atoms with E-state index in [4.69, 9.17) is 0 Å². The minimum absolute atomic E-state index is 0.00496. The summed E-state index contributed by atoms with van der Waals surface area (Å²) in [6.45, 7) is 1.71. The predicted octanol–water partition coefficient (Wildman–Crippen LogP) is 0.791. The molecule has 0 bridgehead atoms. The zero-order chi connectivity index (χ0) is 14.9. The lowest BCUT2D eigenvalue weighted by Gasteiger charge is -2.15. The smallest absolute Gasteiger partial charge is 0.346 e. The first kappa shape index (κ1) is 14.0. The molecule has 0 aliphatic heterocycles.